The van der Waals surface area contributed by atoms with Crippen molar-refractivity contribution in [3.05, 3.63) is 77.5 Å². The lowest BCUT2D eigenvalue weighted by Crippen LogP contribution is -2.47. The molecule has 122 valence electrons. The van der Waals surface area contributed by atoms with Crippen LogP contribution in [0.5, 0.6) is 0 Å². The first-order chi connectivity index (χ1) is 11.5. The van der Waals surface area contributed by atoms with Gasteiger partial charge in [0, 0.05) is 36.2 Å². The van der Waals surface area contributed by atoms with E-state index in [9.17, 15) is 0 Å². The number of nitrogens with zero attached hydrogens (tertiary/aromatic N) is 1. The van der Waals surface area contributed by atoms with Gasteiger partial charge in [0.25, 0.3) is 0 Å². The Bertz CT molecular complexity index is 903. The number of methoxy groups -OCH3 is 1. The summed E-state index contributed by atoms with van der Waals surface area (Å²) in [6.07, 6.45) is 2.72. The zero-order chi connectivity index (χ0) is 16.8. The summed E-state index contributed by atoms with van der Waals surface area (Å²) in [6, 6.07) is 18.5. The molecule has 3 aromatic rings. The minimum Gasteiger partial charge on any atom is -0.345 e. The van der Waals surface area contributed by atoms with E-state index < -0.39 is 5.79 Å². The fourth-order valence-corrected chi connectivity index (χ4v) is 3.67. The van der Waals surface area contributed by atoms with E-state index in [4.69, 9.17) is 9.47 Å². The predicted molar refractivity (Wildman–Crippen MR) is 94.8 cm³/mol. The summed E-state index contributed by atoms with van der Waals surface area (Å²) in [6.45, 7) is 4.20. The third-order valence-corrected chi connectivity index (χ3v) is 4.67. The minimum atomic E-state index is -0.935. The van der Waals surface area contributed by atoms with Crippen LogP contribution in [0.15, 0.2) is 60.8 Å². The average Bonchev–Trinajstić information content (AvgIpc) is 2.59. The van der Waals surface area contributed by atoms with Gasteiger partial charge >= 0.3 is 0 Å². The third-order valence-electron chi connectivity index (χ3n) is 4.67. The monoisotopic (exact) mass is 319 g/mol. The van der Waals surface area contributed by atoms with Crippen LogP contribution in [0.25, 0.3) is 10.9 Å². The molecule has 0 saturated carbocycles. The maximum atomic E-state index is 6.51. The topological polar surface area (TPSA) is 31.4 Å². The zero-order valence-corrected chi connectivity index (χ0v) is 14.2. The van der Waals surface area contributed by atoms with Crippen LogP contribution in [0.3, 0.4) is 0 Å². The van der Waals surface area contributed by atoms with E-state index in [0.29, 0.717) is 0 Å². The SMILES string of the molecule is COC1(c2cnc3ccccc3c2)OC(C)(C)Cc2ccccc21. The van der Waals surface area contributed by atoms with Crippen molar-refractivity contribution in [1.82, 2.24) is 4.98 Å². The number of para-hydroxylation sites is 1. The van der Waals surface area contributed by atoms with Gasteiger partial charge < -0.3 is 9.47 Å². The highest BCUT2D eigenvalue weighted by atomic mass is 16.7. The van der Waals surface area contributed by atoms with E-state index in [-0.39, 0.29) is 5.60 Å². The van der Waals surface area contributed by atoms with Crippen LogP contribution in [0, 0.1) is 0 Å². The van der Waals surface area contributed by atoms with Crippen LogP contribution in [0.1, 0.15) is 30.5 Å². The van der Waals surface area contributed by atoms with Crippen molar-refractivity contribution in [2.75, 3.05) is 7.11 Å². The molecule has 2 aromatic carbocycles. The first kappa shape index (κ1) is 15.3. The molecule has 4 rings (SSSR count). The molecule has 1 aromatic heterocycles. The maximum Gasteiger partial charge on any atom is 0.224 e. The fourth-order valence-electron chi connectivity index (χ4n) is 3.67. The van der Waals surface area contributed by atoms with E-state index in [1.807, 2.05) is 30.5 Å². The van der Waals surface area contributed by atoms with Gasteiger partial charge in [-0.05, 0) is 31.5 Å². The molecule has 0 aliphatic carbocycles. The Morgan fingerprint density at radius 3 is 2.62 bits per heavy atom. The Morgan fingerprint density at radius 1 is 1.04 bits per heavy atom. The van der Waals surface area contributed by atoms with Gasteiger partial charge in [0.2, 0.25) is 5.79 Å². The lowest BCUT2D eigenvalue weighted by Gasteiger charge is -2.45. The van der Waals surface area contributed by atoms with Crippen molar-refractivity contribution >= 4 is 10.9 Å². The first-order valence-corrected chi connectivity index (χ1v) is 8.23. The minimum absolute atomic E-state index is 0.323. The summed E-state index contributed by atoms with van der Waals surface area (Å²) in [4.78, 5) is 4.61. The van der Waals surface area contributed by atoms with E-state index in [0.717, 1.165) is 28.5 Å². The highest BCUT2D eigenvalue weighted by Crippen LogP contribution is 2.45. The van der Waals surface area contributed by atoms with Gasteiger partial charge in [-0.3, -0.25) is 4.98 Å². The fraction of sp³-hybridized carbons (Fsp3) is 0.286. The second-order valence-corrected chi connectivity index (χ2v) is 6.93. The summed E-state index contributed by atoms with van der Waals surface area (Å²) < 4.78 is 12.5. The molecule has 1 unspecified atom stereocenters. The molecular weight excluding hydrogens is 298 g/mol. The summed E-state index contributed by atoms with van der Waals surface area (Å²) in [7, 11) is 1.70. The van der Waals surface area contributed by atoms with Gasteiger partial charge in [0.1, 0.15) is 0 Å². The lowest BCUT2D eigenvalue weighted by atomic mass is 9.84. The Balaban J connectivity index is 1.97. The van der Waals surface area contributed by atoms with Crippen molar-refractivity contribution in [2.24, 2.45) is 0 Å². The van der Waals surface area contributed by atoms with Gasteiger partial charge in [-0.1, -0.05) is 42.5 Å². The molecule has 0 N–H and O–H groups in total. The molecule has 0 radical (unpaired) electrons. The molecule has 0 bridgehead atoms. The van der Waals surface area contributed by atoms with Gasteiger partial charge in [-0.25, -0.2) is 0 Å². The molecule has 24 heavy (non-hydrogen) atoms. The number of pyridine rings is 1. The van der Waals surface area contributed by atoms with Gasteiger partial charge in [-0.15, -0.1) is 0 Å². The summed E-state index contributed by atoms with van der Waals surface area (Å²) in [5, 5.41) is 1.08. The zero-order valence-electron chi connectivity index (χ0n) is 14.2. The Kier molecular flexibility index (Phi) is 3.44. The molecule has 1 aliphatic heterocycles. The summed E-state index contributed by atoms with van der Waals surface area (Å²) in [5.74, 6) is -0.935. The van der Waals surface area contributed by atoms with Crippen molar-refractivity contribution in [3.8, 4) is 0 Å². The molecule has 0 spiro atoms. The summed E-state index contributed by atoms with van der Waals surface area (Å²) >= 11 is 0. The van der Waals surface area contributed by atoms with Crippen LogP contribution in [-0.4, -0.2) is 17.7 Å². The molecule has 0 fully saturated rings. The van der Waals surface area contributed by atoms with Crippen molar-refractivity contribution < 1.29 is 9.47 Å². The van der Waals surface area contributed by atoms with E-state index in [2.05, 4.69) is 49.2 Å². The first-order valence-electron chi connectivity index (χ1n) is 8.23. The molecule has 0 amide bonds. The number of benzene rings is 2. The average molecular weight is 319 g/mol. The van der Waals surface area contributed by atoms with Crippen LogP contribution in [0.2, 0.25) is 0 Å². The van der Waals surface area contributed by atoms with E-state index in [1.54, 1.807) is 7.11 Å². The number of rotatable bonds is 2. The molecule has 2 heterocycles. The maximum absolute atomic E-state index is 6.51. The van der Waals surface area contributed by atoms with Crippen LogP contribution in [-0.2, 0) is 21.7 Å². The smallest absolute Gasteiger partial charge is 0.224 e. The van der Waals surface area contributed by atoms with Gasteiger partial charge in [0.15, 0.2) is 0 Å². The quantitative estimate of drug-likeness (QED) is 0.700. The van der Waals surface area contributed by atoms with Crippen molar-refractivity contribution in [3.63, 3.8) is 0 Å². The number of hydrogen-bond donors (Lipinski definition) is 0. The number of ether oxygens (including phenoxy) is 2. The highest BCUT2D eigenvalue weighted by Gasteiger charge is 2.46. The molecule has 0 saturated heterocycles. The lowest BCUT2D eigenvalue weighted by molar-refractivity contribution is -0.263. The largest absolute Gasteiger partial charge is 0.345 e. The third kappa shape index (κ3) is 2.32. The van der Waals surface area contributed by atoms with E-state index in [1.165, 1.54) is 5.56 Å². The van der Waals surface area contributed by atoms with Crippen LogP contribution in [0.4, 0.5) is 0 Å². The van der Waals surface area contributed by atoms with Crippen LogP contribution >= 0.6 is 0 Å². The Hall–Kier alpha value is -2.23. The molecule has 1 aliphatic rings. The number of aromatic nitrogens is 1. The predicted octanol–water partition coefficient (Wildman–Crippen LogP) is 4.43. The second kappa shape index (κ2) is 5.40. The van der Waals surface area contributed by atoms with Crippen LogP contribution < -0.4 is 0 Å². The van der Waals surface area contributed by atoms with Crippen molar-refractivity contribution in [2.45, 2.75) is 31.7 Å². The summed E-state index contributed by atoms with van der Waals surface area (Å²) in [5.41, 5.74) is 3.88. The second-order valence-electron chi connectivity index (χ2n) is 6.93. The normalized spacial score (nSPS) is 22.3. The molecule has 3 heteroatoms. The van der Waals surface area contributed by atoms with Gasteiger partial charge in [-0.2, -0.15) is 0 Å². The highest BCUT2D eigenvalue weighted by molar-refractivity contribution is 5.79. The van der Waals surface area contributed by atoms with E-state index >= 15 is 0 Å². The number of fused-ring (bicyclic) bond motifs is 2. The molecule has 3 nitrogen and oxygen atoms in total. The van der Waals surface area contributed by atoms with Crippen molar-refractivity contribution in [1.29, 1.82) is 0 Å². The molecule has 1 atom stereocenters. The molecular formula is C21H21NO2. The Morgan fingerprint density at radius 2 is 1.79 bits per heavy atom. The Labute approximate surface area is 142 Å². The standard InChI is InChI=1S/C21H21NO2/c1-20(2)13-16-9-4-6-10-18(16)21(23-3,24-20)17-12-15-8-5-7-11-19(15)22-14-17/h4-12,14H,13H2,1-3H3. The van der Waals surface area contributed by atoms with Gasteiger partial charge in [0.05, 0.1) is 11.1 Å². The number of hydrogen-bond acceptors (Lipinski definition) is 3.